The number of hydrogen-bond acceptors (Lipinski definition) is 7. The number of esters is 2. The van der Waals surface area contributed by atoms with Crippen molar-refractivity contribution in [3.8, 4) is 5.75 Å². The number of hydrogen-bond donors (Lipinski definition) is 0. The monoisotopic (exact) mass is 600 g/mol. The van der Waals surface area contributed by atoms with E-state index in [0.29, 0.717) is 18.9 Å². The maximum absolute atomic E-state index is 14.4. The zero-order chi connectivity index (χ0) is 30.0. The molecule has 0 amide bonds. The van der Waals surface area contributed by atoms with E-state index in [2.05, 4.69) is 4.18 Å². The maximum Gasteiger partial charge on any atom is 0.460 e. The molecule has 1 aliphatic carbocycles. The highest BCUT2D eigenvalue weighted by molar-refractivity contribution is 7.88. The fraction of sp³-hybridized carbons (Fsp3) is 0.545. The van der Waals surface area contributed by atoms with Gasteiger partial charge in [0.1, 0.15) is 5.75 Å². The molecule has 0 heterocycles. The molecule has 7 nitrogen and oxygen atoms in total. The van der Waals surface area contributed by atoms with Crippen molar-refractivity contribution in [2.75, 3.05) is 13.2 Å². The minimum absolute atomic E-state index is 0.0940. The summed E-state index contributed by atoms with van der Waals surface area (Å²) < 4.78 is 159. The Balaban J connectivity index is 2.83. The van der Waals surface area contributed by atoms with Crippen molar-refractivity contribution in [1.29, 1.82) is 0 Å². The van der Waals surface area contributed by atoms with E-state index in [9.17, 15) is 57.5 Å². The summed E-state index contributed by atoms with van der Waals surface area (Å²) in [5, 5.41) is -7.16. The van der Waals surface area contributed by atoms with Gasteiger partial charge >= 0.3 is 45.3 Å². The molecule has 0 fully saturated rings. The number of halogens is 9. The van der Waals surface area contributed by atoms with E-state index >= 15 is 0 Å². The van der Waals surface area contributed by atoms with Crippen molar-refractivity contribution in [2.24, 2.45) is 0 Å². The first kappa shape index (κ1) is 32.2. The van der Waals surface area contributed by atoms with Crippen molar-refractivity contribution in [3.05, 3.63) is 41.0 Å². The Morgan fingerprint density at radius 1 is 0.897 bits per heavy atom. The van der Waals surface area contributed by atoms with Crippen molar-refractivity contribution in [1.82, 2.24) is 0 Å². The molecule has 0 N–H and O–H groups in total. The Morgan fingerprint density at radius 2 is 1.46 bits per heavy atom. The van der Waals surface area contributed by atoms with E-state index < -0.39 is 73.7 Å². The smallest absolute Gasteiger partial charge is 0.460 e. The van der Waals surface area contributed by atoms with Crippen molar-refractivity contribution < 1.29 is 71.2 Å². The topological polar surface area (TPSA) is 96.0 Å². The molecule has 17 heteroatoms. The number of alkyl halides is 9. The van der Waals surface area contributed by atoms with E-state index in [4.69, 9.17) is 9.47 Å². The average molecular weight is 600 g/mol. The summed E-state index contributed by atoms with van der Waals surface area (Å²) in [6.45, 7) is 2.11. The third kappa shape index (κ3) is 5.96. The van der Waals surface area contributed by atoms with Gasteiger partial charge in [-0.05, 0) is 45.2 Å². The van der Waals surface area contributed by atoms with E-state index in [-0.39, 0.29) is 19.6 Å². The molecule has 39 heavy (non-hydrogen) atoms. The molecule has 0 radical (unpaired) electrons. The summed E-state index contributed by atoms with van der Waals surface area (Å²) in [5.41, 5.74) is -1.97. The molecule has 1 aliphatic rings. The highest BCUT2D eigenvalue weighted by Gasteiger charge is 2.86. The van der Waals surface area contributed by atoms with Crippen LogP contribution in [-0.4, -0.2) is 56.8 Å². The van der Waals surface area contributed by atoms with Gasteiger partial charge < -0.3 is 13.7 Å². The summed E-state index contributed by atoms with van der Waals surface area (Å²) in [4.78, 5) is 25.0. The molecular weight excluding hydrogens is 579 g/mol. The fourth-order valence-electron chi connectivity index (χ4n) is 3.53. The van der Waals surface area contributed by atoms with Gasteiger partial charge in [0, 0.05) is 11.5 Å². The summed E-state index contributed by atoms with van der Waals surface area (Å²) in [7, 11) is -7.38. The van der Waals surface area contributed by atoms with Crippen LogP contribution in [0.1, 0.15) is 65.3 Å². The summed E-state index contributed by atoms with van der Waals surface area (Å²) >= 11 is 0. The van der Waals surface area contributed by atoms with Gasteiger partial charge in [-0.15, -0.1) is 0 Å². The van der Waals surface area contributed by atoms with Crippen LogP contribution in [0.3, 0.4) is 0 Å². The highest BCUT2D eigenvalue weighted by atomic mass is 32.2. The number of carbonyl (C=O) groups excluding carboxylic acids is 2. The Morgan fingerprint density at radius 3 is 1.95 bits per heavy atom. The summed E-state index contributed by atoms with van der Waals surface area (Å²) in [6, 6.07) is 1.21. The molecule has 220 valence electrons. The van der Waals surface area contributed by atoms with Gasteiger partial charge in [0.2, 0.25) is 0 Å². The lowest BCUT2D eigenvalue weighted by atomic mass is 9.85. The standard InChI is InChI=1S/C22H21F9O7S/c1-3-36-17(32)13-10-14(18(33)37-4-2)16(12-8-6-5-7-9-12)15(11-13)38-39(34,35)22(30,31)20(25,26)19(23,24)21(27,28)29/h6,8,10-12H,3-5,7,9H2,1-2H3. The lowest BCUT2D eigenvalue weighted by Crippen LogP contribution is -2.63. The van der Waals surface area contributed by atoms with E-state index in [1.54, 1.807) is 0 Å². The fourth-order valence-corrected chi connectivity index (χ4v) is 4.45. The molecule has 0 aromatic heterocycles. The van der Waals surface area contributed by atoms with Crippen LogP contribution in [0.25, 0.3) is 0 Å². The Labute approximate surface area is 216 Å². The zero-order valence-corrected chi connectivity index (χ0v) is 20.9. The zero-order valence-electron chi connectivity index (χ0n) is 20.1. The number of carbonyl (C=O) groups is 2. The van der Waals surface area contributed by atoms with Gasteiger partial charge in [0.15, 0.2) is 0 Å². The minimum Gasteiger partial charge on any atom is -0.462 e. The minimum atomic E-state index is -7.55. The van der Waals surface area contributed by atoms with Crippen LogP contribution in [0.4, 0.5) is 39.5 Å². The van der Waals surface area contributed by atoms with Crippen LogP contribution in [0, 0.1) is 0 Å². The predicted molar refractivity (Wildman–Crippen MR) is 115 cm³/mol. The van der Waals surface area contributed by atoms with Gasteiger partial charge in [-0.2, -0.15) is 47.9 Å². The number of ether oxygens (including phenoxy) is 2. The van der Waals surface area contributed by atoms with E-state index in [0.717, 1.165) is 6.07 Å². The van der Waals surface area contributed by atoms with Crippen LogP contribution < -0.4 is 4.18 Å². The van der Waals surface area contributed by atoms with Gasteiger partial charge in [-0.3, -0.25) is 0 Å². The van der Waals surface area contributed by atoms with Crippen LogP contribution in [-0.2, 0) is 19.6 Å². The Bertz CT molecular complexity index is 1220. The lowest BCUT2D eigenvalue weighted by Gasteiger charge is -2.33. The lowest BCUT2D eigenvalue weighted by molar-refractivity contribution is -0.382. The molecule has 0 aliphatic heterocycles. The second kappa shape index (κ2) is 11.3. The van der Waals surface area contributed by atoms with Crippen LogP contribution in [0.2, 0.25) is 0 Å². The van der Waals surface area contributed by atoms with Gasteiger partial charge in [-0.1, -0.05) is 12.2 Å². The second-order valence-electron chi connectivity index (χ2n) is 8.04. The van der Waals surface area contributed by atoms with Gasteiger partial charge in [0.25, 0.3) is 0 Å². The number of allylic oxidation sites excluding steroid dienone is 2. The third-order valence-corrected chi connectivity index (χ3v) is 6.69. The molecule has 0 bridgehead atoms. The first-order valence-electron chi connectivity index (χ1n) is 11.1. The largest absolute Gasteiger partial charge is 0.462 e. The van der Waals surface area contributed by atoms with Crippen molar-refractivity contribution >= 4 is 22.1 Å². The molecule has 1 aromatic carbocycles. The first-order valence-corrected chi connectivity index (χ1v) is 12.5. The second-order valence-corrected chi connectivity index (χ2v) is 9.63. The normalized spacial score (nSPS) is 17.1. The first-order chi connectivity index (χ1) is 17.8. The van der Waals surface area contributed by atoms with E-state index in [1.807, 2.05) is 0 Å². The number of benzene rings is 1. The van der Waals surface area contributed by atoms with Crippen LogP contribution in [0.5, 0.6) is 5.75 Å². The molecule has 1 aromatic rings. The molecular formula is C22H21F9O7S. The quantitative estimate of drug-likeness (QED) is 0.141. The molecule has 1 atom stereocenters. The summed E-state index contributed by atoms with van der Waals surface area (Å²) in [6.07, 6.45) is -3.45. The van der Waals surface area contributed by atoms with Crippen LogP contribution in [0.15, 0.2) is 24.3 Å². The highest BCUT2D eigenvalue weighted by Crippen LogP contribution is 2.55. The molecule has 2 rings (SSSR count). The SMILES string of the molecule is CCOC(=O)c1cc(OS(=O)(=O)C(F)(F)C(F)(F)C(F)(F)C(F)(F)F)c(C2C=CCCC2)c(C(=O)OCC)c1. The molecule has 1 unspecified atom stereocenters. The number of rotatable bonds is 10. The Hall–Kier alpha value is -2.98. The van der Waals surface area contributed by atoms with Gasteiger partial charge in [0.05, 0.1) is 24.3 Å². The molecule has 0 saturated carbocycles. The predicted octanol–water partition coefficient (Wildman–Crippen LogP) is 6.00. The summed E-state index contributed by atoms with van der Waals surface area (Å²) in [5.74, 6) is -20.0. The average Bonchev–Trinajstić information content (AvgIpc) is 2.83. The Kier molecular flexibility index (Phi) is 9.30. The van der Waals surface area contributed by atoms with E-state index in [1.165, 1.54) is 26.0 Å². The van der Waals surface area contributed by atoms with Crippen molar-refractivity contribution in [2.45, 2.75) is 62.3 Å². The van der Waals surface area contributed by atoms with Crippen molar-refractivity contribution in [3.63, 3.8) is 0 Å². The molecule has 0 saturated heterocycles. The van der Waals surface area contributed by atoms with Crippen LogP contribution >= 0.6 is 0 Å². The van der Waals surface area contributed by atoms with Gasteiger partial charge in [-0.25, -0.2) is 9.59 Å². The third-order valence-electron chi connectivity index (χ3n) is 5.40. The molecule has 0 spiro atoms. The maximum atomic E-state index is 14.4.